The summed E-state index contributed by atoms with van der Waals surface area (Å²) in [5.74, 6) is -1.30. The second-order valence-electron chi connectivity index (χ2n) is 3.25. The van der Waals surface area contributed by atoms with Crippen LogP contribution >= 0.6 is 23.2 Å². The molecule has 1 heterocycles. The fourth-order valence-corrected chi connectivity index (χ4v) is 1.72. The molecule has 0 bridgehead atoms. The topological polar surface area (TPSA) is 75.1 Å². The summed E-state index contributed by atoms with van der Waals surface area (Å²) < 4.78 is 1.22. The number of carbonyl (C=O) groups is 1. The summed E-state index contributed by atoms with van der Waals surface area (Å²) >= 11 is 11.7. The molecule has 0 saturated carbocycles. The molecular formula is C10H6Cl2N2O3. The molecule has 0 saturated heterocycles. The third-order valence-corrected chi connectivity index (χ3v) is 2.68. The quantitative estimate of drug-likeness (QED) is 0.880. The van der Waals surface area contributed by atoms with Crippen LogP contribution in [0.4, 0.5) is 0 Å². The van der Waals surface area contributed by atoms with Crippen LogP contribution in [0.25, 0.3) is 5.69 Å². The van der Waals surface area contributed by atoms with Crippen molar-refractivity contribution in [1.29, 1.82) is 0 Å². The van der Waals surface area contributed by atoms with Gasteiger partial charge >= 0.3 is 5.97 Å². The lowest BCUT2D eigenvalue weighted by Gasteiger charge is -2.04. The molecular weight excluding hydrogens is 267 g/mol. The highest BCUT2D eigenvalue weighted by Gasteiger charge is 2.13. The lowest BCUT2D eigenvalue weighted by molar-refractivity contribution is 0.0695. The third-order valence-electron chi connectivity index (χ3n) is 2.12. The van der Waals surface area contributed by atoms with Crippen LogP contribution in [0.1, 0.15) is 10.4 Å². The Balaban J connectivity index is 2.61. The van der Waals surface area contributed by atoms with Crippen LogP contribution in [0.15, 0.2) is 29.2 Å². The van der Waals surface area contributed by atoms with Gasteiger partial charge in [-0.3, -0.25) is 14.6 Å². The van der Waals surface area contributed by atoms with E-state index in [0.717, 1.165) is 6.20 Å². The van der Waals surface area contributed by atoms with Gasteiger partial charge in [0.15, 0.2) is 0 Å². The smallest absolute Gasteiger partial charge is 0.342 e. The van der Waals surface area contributed by atoms with Gasteiger partial charge in [-0.25, -0.2) is 4.79 Å². The Hall–Kier alpha value is -1.72. The lowest BCUT2D eigenvalue weighted by atomic mass is 10.3. The minimum absolute atomic E-state index is 0.345. The summed E-state index contributed by atoms with van der Waals surface area (Å²) in [5.41, 5.74) is -0.654. The Bertz CT molecular complexity index is 645. The van der Waals surface area contributed by atoms with Gasteiger partial charge in [0.25, 0.3) is 5.56 Å². The molecule has 1 aromatic heterocycles. The molecule has 7 heteroatoms. The van der Waals surface area contributed by atoms with Crippen LogP contribution in [0.5, 0.6) is 0 Å². The summed E-state index contributed by atoms with van der Waals surface area (Å²) in [6, 6.07) is 4.66. The number of nitrogens with zero attached hydrogens (tertiary/aromatic N) is 1. The zero-order valence-electron chi connectivity index (χ0n) is 8.28. The van der Waals surface area contributed by atoms with Crippen LogP contribution in [-0.2, 0) is 0 Å². The van der Waals surface area contributed by atoms with E-state index in [0.29, 0.717) is 15.7 Å². The minimum Gasteiger partial charge on any atom is -0.477 e. The van der Waals surface area contributed by atoms with Crippen molar-refractivity contribution >= 4 is 29.2 Å². The van der Waals surface area contributed by atoms with Gasteiger partial charge in [0.2, 0.25) is 0 Å². The van der Waals surface area contributed by atoms with Crippen molar-refractivity contribution in [2.45, 2.75) is 0 Å². The average molecular weight is 273 g/mol. The fourth-order valence-electron chi connectivity index (χ4n) is 1.34. The maximum Gasteiger partial charge on any atom is 0.342 e. The number of nitrogens with one attached hydrogen (secondary N) is 1. The van der Waals surface area contributed by atoms with E-state index in [1.807, 2.05) is 0 Å². The van der Waals surface area contributed by atoms with E-state index in [9.17, 15) is 9.59 Å². The Kier molecular flexibility index (Phi) is 2.95. The first-order valence-electron chi connectivity index (χ1n) is 4.49. The highest BCUT2D eigenvalue weighted by atomic mass is 35.5. The van der Waals surface area contributed by atoms with Gasteiger partial charge in [-0.05, 0) is 18.2 Å². The summed E-state index contributed by atoms with van der Waals surface area (Å²) in [6.45, 7) is 0. The fraction of sp³-hybridized carbons (Fsp3) is 0. The van der Waals surface area contributed by atoms with E-state index < -0.39 is 11.5 Å². The summed E-state index contributed by atoms with van der Waals surface area (Å²) in [7, 11) is 0. The number of hydrogen-bond acceptors (Lipinski definition) is 2. The number of halogens is 2. The zero-order valence-corrected chi connectivity index (χ0v) is 9.79. The van der Waals surface area contributed by atoms with Crippen molar-refractivity contribution in [2.24, 2.45) is 0 Å². The molecule has 5 nitrogen and oxygen atoms in total. The number of hydrogen-bond donors (Lipinski definition) is 2. The van der Waals surface area contributed by atoms with Crippen LogP contribution in [0, 0.1) is 0 Å². The zero-order chi connectivity index (χ0) is 12.6. The number of benzene rings is 1. The molecule has 0 unspecified atom stereocenters. The van der Waals surface area contributed by atoms with Crippen molar-refractivity contribution in [3.05, 3.63) is 50.4 Å². The second kappa shape index (κ2) is 4.27. The van der Waals surface area contributed by atoms with Crippen molar-refractivity contribution < 1.29 is 9.90 Å². The summed E-state index contributed by atoms with van der Waals surface area (Å²) in [6.07, 6.45) is 1.15. The van der Waals surface area contributed by atoms with Crippen LogP contribution in [0.2, 0.25) is 10.0 Å². The van der Waals surface area contributed by atoms with Crippen molar-refractivity contribution in [1.82, 2.24) is 9.78 Å². The molecule has 17 heavy (non-hydrogen) atoms. The van der Waals surface area contributed by atoms with Crippen LogP contribution in [-0.4, -0.2) is 20.9 Å². The number of H-pyrrole nitrogens is 1. The first kappa shape index (κ1) is 11.8. The van der Waals surface area contributed by atoms with Gasteiger partial charge in [-0.1, -0.05) is 23.2 Å². The maximum atomic E-state index is 11.3. The second-order valence-corrected chi connectivity index (χ2v) is 4.10. The molecule has 0 amide bonds. The highest BCUT2D eigenvalue weighted by Crippen LogP contribution is 2.23. The largest absolute Gasteiger partial charge is 0.477 e. The maximum absolute atomic E-state index is 11.3. The summed E-state index contributed by atoms with van der Waals surface area (Å²) in [5, 5.41) is 11.9. The molecule has 2 rings (SSSR count). The van der Waals surface area contributed by atoms with Crippen molar-refractivity contribution in [2.75, 3.05) is 0 Å². The van der Waals surface area contributed by atoms with Gasteiger partial charge in [0.05, 0.1) is 10.7 Å². The van der Waals surface area contributed by atoms with Crippen molar-refractivity contribution in [3.63, 3.8) is 0 Å². The lowest BCUT2D eigenvalue weighted by Crippen LogP contribution is -2.11. The van der Waals surface area contributed by atoms with E-state index >= 15 is 0 Å². The SMILES string of the molecule is O=C(O)c1cn(-c2cc(Cl)ccc2Cl)[nH]c1=O. The molecule has 0 fully saturated rings. The van der Waals surface area contributed by atoms with E-state index in [2.05, 4.69) is 5.10 Å². The Labute approximate surface area is 105 Å². The molecule has 0 aliphatic rings. The van der Waals surface area contributed by atoms with E-state index in [1.54, 1.807) is 12.1 Å². The van der Waals surface area contributed by atoms with Gasteiger partial charge in [-0.2, -0.15) is 0 Å². The van der Waals surface area contributed by atoms with Crippen LogP contribution in [0.3, 0.4) is 0 Å². The molecule has 1 aromatic carbocycles. The number of aromatic amines is 1. The number of aromatic carboxylic acids is 1. The third kappa shape index (κ3) is 2.20. The molecule has 2 aromatic rings. The monoisotopic (exact) mass is 272 g/mol. The van der Waals surface area contributed by atoms with Gasteiger partial charge in [0.1, 0.15) is 5.56 Å². The van der Waals surface area contributed by atoms with Crippen molar-refractivity contribution in [3.8, 4) is 5.69 Å². The number of rotatable bonds is 2. The van der Waals surface area contributed by atoms with E-state index in [-0.39, 0.29) is 5.56 Å². The van der Waals surface area contributed by atoms with Crippen LogP contribution < -0.4 is 5.56 Å². The predicted octanol–water partition coefficient (Wildman–Crippen LogP) is 2.17. The molecule has 88 valence electrons. The first-order chi connectivity index (χ1) is 7.99. The molecule has 0 spiro atoms. The number of carboxylic acids is 1. The van der Waals surface area contributed by atoms with Gasteiger partial charge in [-0.15, -0.1) is 0 Å². The number of aromatic nitrogens is 2. The molecule has 2 N–H and O–H groups in total. The first-order valence-corrected chi connectivity index (χ1v) is 5.25. The summed E-state index contributed by atoms with van der Waals surface area (Å²) in [4.78, 5) is 22.0. The Morgan fingerprint density at radius 1 is 1.35 bits per heavy atom. The van der Waals surface area contributed by atoms with E-state index in [4.69, 9.17) is 28.3 Å². The molecule has 0 aliphatic carbocycles. The van der Waals surface area contributed by atoms with E-state index in [1.165, 1.54) is 10.7 Å². The predicted molar refractivity (Wildman–Crippen MR) is 63.4 cm³/mol. The highest BCUT2D eigenvalue weighted by molar-refractivity contribution is 6.34. The minimum atomic E-state index is -1.30. The molecule has 0 aliphatic heterocycles. The normalized spacial score (nSPS) is 10.5. The van der Waals surface area contributed by atoms with Gasteiger partial charge < -0.3 is 5.11 Å². The average Bonchev–Trinajstić information content (AvgIpc) is 2.64. The molecule has 0 atom stereocenters. The standard InChI is InChI=1S/C10H6Cl2N2O3/c11-5-1-2-7(12)8(3-5)14-4-6(10(16)17)9(15)13-14/h1-4H,(H,13,15)(H,16,17). The molecule has 0 radical (unpaired) electrons. The Morgan fingerprint density at radius 3 is 2.65 bits per heavy atom. The number of carboxylic acid groups (broad SMARTS) is 1. The van der Waals surface area contributed by atoms with Gasteiger partial charge in [0, 0.05) is 11.2 Å². The Morgan fingerprint density at radius 2 is 2.06 bits per heavy atom.